The fourth-order valence-electron chi connectivity index (χ4n) is 2.14. The van der Waals surface area contributed by atoms with Crippen LogP contribution < -0.4 is 5.66 Å². The van der Waals surface area contributed by atoms with Gasteiger partial charge in [-0.3, -0.25) is 0 Å². The van der Waals surface area contributed by atoms with Crippen molar-refractivity contribution in [3.63, 3.8) is 0 Å². The minimum absolute atomic E-state index is 0.344. The van der Waals surface area contributed by atoms with Crippen LogP contribution in [-0.4, -0.2) is 7.85 Å². The highest BCUT2D eigenvalue weighted by atomic mass is 79.9. The van der Waals surface area contributed by atoms with Crippen LogP contribution in [0.15, 0.2) is 70.9 Å². The van der Waals surface area contributed by atoms with Gasteiger partial charge in [-0.15, -0.1) is 0 Å². The van der Waals surface area contributed by atoms with Gasteiger partial charge in [-0.1, -0.05) is 0 Å². The average molecular weight is 355 g/mol. The Kier molecular flexibility index (Phi) is 3.12. The van der Waals surface area contributed by atoms with Crippen LogP contribution in [0.25, 0.3) is 34.6 Å². The minimum Gasteiger partial charge on any atom is -0.470 e. The molecular weight excluding hydrogens is 347 g/mol. The first-order chi connectivity index (χ1) is 10.7. The monoisotopic (exact) mass is 354 g/mol. The van der Waals surface area contributed by atoms with E-state index in [1.165, 1.54) is 0 Å². The lowest BCUT2D eigenvalue weighted by molar-refractivity contribution is 0.498. The van der Waals surface area contributed by atoms with E-state index in [0.717, 1.165) is 0 Å². The van der Waals surface area contributed by atoms with Crippen LogP contribution in [-0.2, 0) is 0 Å². The molecule has 0 fully saturated rings. The summed E-state index contributed by atoms with van der Waals surface area (Å²) in [4.78, 5) is 0. The molecule has 0 spiro atoms. The fraction of sp³-hybridized carbons (Fsp3) is 0. The van der Waals surface area contributed by atoms with Crippen molar-refractivity contribution in [3.8, 4) is 34.6 Å². The van der Waals surface area contributed by atoms with E-state index < -0.39 is 0 Å². The van der Waals surface area contributed by atoms with Gasteiger partial charge < -0.3 is 17.7 Å². The third kappa shape index (κ3) is 2.35. The Hall–Kier alpha value is -2.34. The summed E-state index contributed by atoms with van der Waals surface area (Å²) in [5.41, 5.74) is 0.344. The number of hydrogen-bond acceptors (Lipinski definition) is 4. The van der Waals surface area contributed by atoms with Gasteiger partial charge in [0.1, 0.15) is 0 Å². The molecule has 0 aliphatic carbocycles. The Bertz CT molecular complexity index is 851. The normalized spacial score (nSPS) is 11.1. The molecule has 0 amide bonds. The van der Waals surface area contributed by atoms with Crippen molar-refractivity contribution in [2.45, 2.75) is 0 Å². The van der Waals surface area contributed by atoms with E-state index >= 15 is 0 Å². The molecule has 0 unspecified atom stereocenters. The first kappa shape index (κ1) is 13.3. The second-order valence-electron chi connectivity index (χ2n) is 4.63. The van der Waals surface area contributed by atoms with Gasteiger partial charge in [-0.2, -0.15) is 0 Å². The molecule has 0 aromatic carbocycles. The van der Waals surface area contributed by atoms with E-state index in [1.54, 1.807) is 18.2 Å². The van der Waals surface area contributed by atoms with E-state index in [9.17, 15) is 0 Å². The van der Waals surface area contributed by atoms with Crippen molar-refractivity contribution >= 4 is 29.4 Å². The van der Waals surface area contributed by atoms with Crippen LogP contribution in [0, 0.1) is 0 Å². The predicted molar refractivity (Wildman–Crippen MR) is 84.9 cm³/mol. The average Bonchev–Trinajstić information content (AvgIpc) is 3.24. The van der Waals surface area contributed by atoms with Gasteiger partial charge in [0.2, 0.25) is 0 Å². The van der Waals surface area contributed by atoms with Crippen molar-refractivity contribution in [1.82, 2.24) is 0 Å². The molecule has 4 aromatic rings. The zero-order valence-corrected chi connectivity index (χ0v) is 12.8. The summed E-state index contributed by atoms with van der Waals surface area (Å²) in [6, 6.07) is 14.3. The first-order valence-corrected chi connectivity index (χ1v) is 7.30. The van der Waals surface area contributed by atoms with E-state index in [4.69, 9.17) is 25.5 Å². The van der Waals surface area contributed by atoms with Gasteiger partial charge in [0.05, 0.1) is 0 Å². The van der Waals surface area contributed by atoms with Gasteiger partial charge in [0.15, 0.2) is 47.1 Å². The SMILES string of the molecule is [B]c1ccc(-c2ccc(-c3ccc(-c4ccc(Br)o4)o3)o2)o1. The molecule has 0 N–H and O–H groups in total. The van der Waals surface area contributed by atoms with E-state index in [-0.39, 0.29) is 0 Å². The molecule has 4 rings (SSSR count). The Labute approximate surface area is 135 Å². The lowest BCUT2D eigenvalue weighted by Crippen LogP contribution is -1.93. The fourth-order valence-corrected chi connectivity index (χ4v) is 2.44. The summed E-state index contributed by atoms with van der Waals surface area (Å²) in [6.45, 7) is 0. The number of hydrogen-bond donors (Lipinski definition) is 0. The van der Waals surface area contributed by atoms with Crippen LogP contribution in [0.5, 0.6) is 0 Å². The zero-order valence-electron chi connectivity index (χ0n) is 11.2. The maximum absolute atomic E-state index is 5.76. The zero-order chi connectivity index (χ0) is 15.1. The van der Waals surface area contributed by atoms with Crippen molar-refractivity contribution < 1.29 is 17.7 Å². The molecular formula is C16H8BBrO4. The summed E-state index contributed by atoms with van der Waals surface area (Å²) in [6.07, 6.45) is 0. The molecule has 0 bridgehead atoms. The van der Waals surface area contributed by atoms with Gasteiger partial charge in [-0.25, -0.2) is 0 Å². The maximum atomic E-state index is 5.76. The highest BCUT2D eigenvalue weighted by Crippen LogP contribution is 2.33. The first-order valence-electron chi connectivity index (χ1n) is 6.50. The molecule has 0 atom stereocenters. The molecule has 0 saturated heterocycles. The predicted octanol–water partition coefficient (Wildman–Crippen LogP) is 4.62. The van der Waals surface area contributed by atoms with E-state index in [1.807, 2.05) is 30.3 Å². The van der Waals surface area contributed by atoms with Crippen molar-refractivity contribution in [2.24, 2.45) is 0 Å². The number of halogens is 1. The third-order valence-electron chi connectivity index (χ3n) is 3.14. The highest BCUT2D eigenvalue weighted by Gasteiger charge is 2.14. The molecule has 106 valence electrons. The molecule has 0 aliphatic heterocycles. The molecule has 2 radical (unpaired) electrons. The summed E-state index contributed by atoms with van der Waals surface area (Å²) < 4.78 is 22.9. The van der Waals surface area contributed by atoms with Crippen LogP contribution in [0.2, 0.25) is 0 Å². The Morgan fingerprint density at radius 1 is 0.545 bits per heavy atom. The second-order valence-corrected chi connectivity index (χ2v) is 5.42. The Balaban J connectivity index is 1.65. The summed E-state index contributed by atoms with van der Waals surface area (Å²) in [7, 11) is 5.56. The number of furan rings is 4. The molecule has 6 heteroatoms. The standard InChI is InChI=1S/C16H8BBrO4/c17-15-7-5-13(21-15)11-3-1-9(19-11)10-2-4-12(20-10)14-6-8-16(18)22-14/h1-8H. The van der Waals surface area contributed by atoms with Crippen LogP contribution in [0.4, 0.5) is 0 Å². The number of rotatable bonds is 3. The maximum Gasteiger partial charge on any atom is 0.170 e. The van der Waals surface area contributed by atoms with Crippen molar-refractivity contribution in [2.75, 3.05) is 0 Å². The Morgan fingerprint density at radius 2 is 0.955 bits per heavy atom. The van der Waals surface area contributed by atoms with Gasteiger partial charge in [0.25, 0.3) is 0 Å². The minimum atomic E-state index is 0.344. The quantitative estimate of drug-likeness (QED) is 0.504. The molecule has 0 aliphatic rings. The lowest BCUT2D eigenvalue weighted by Gasteiger charge is -1.93. The summed E-state index contributed by atoms with van der Waals surface area (Å²) >= 11 is 3.26. The van der Waals surface area contributed by atoms with Crippen LogP contribution in [0.3, 0.4) is 0 Å². The molecule has 4 heterocycles. The molecule has 4 nitrogen and oxygen atoms in total. The van der Waals surface area contributed by atoms with Gasteiger partial charge >= 0.3 is 0 Å². The van der Waals surface area contributed by atoms with E-state index in [2.05, 4.69) is 15.9 Å². The van der Waals surface area contributed by atoms with Gasteiger partial charge in [-0.05, 0) is 64.5 Å². The van der Waals surface area contributed by atoms with Crippen LogP contribution in [0.1, 0.15) is 0 Å². The lowest BCUT2D eigenvalue weighted by atomic mass is 10.1. The molecule has 22 heavy (non-hydrogen) atoms. The van der Waals surface area contributed by atoms with Crippen molar-refractivity contribution in [3.05, 3.63) is 53.2 Å². The van der Waals surface area contributed by atoms with Crippen LogP contribution >= 0.6 is 15.9 Å². The third-order valence-corrected chi connectivity index (χ3v) is 3.57. The second kappa shape index (κ2) is 5.14. The molecule has 0 saturated carbocycles. The summed E-state index contributed by atoms with van der Waals surface area (Å²) in [5.74, 6) is 3.63. The highest BCUT2D eigenvalue weighted by molar-refractivity contribution is 9.10. The smallest absolute Gasteiger partial charge is 0.170 e. The molecule has 4 aromatic heterocycles. The van der Waals surface area contributed by atoms with Crippen molar-refractivity contribution in [1.29, 1.82) is 0 Å². The topological polar surface area (TPSA) is 52.6 Å². The summed E-state index contributed by atoms with van der Waals surface area (Å²) in [5, 5.41) is 0. The Morgan fingerprint density at radius 3 is 1.36 bits per heavy atom. The largest absolute Gasteiger partial charge is 0.470 e. The van der Waals surface area contributed by atoms with E-state index in [0.29, 0.717) is 44.9 Å². The van der Waals surface area contributed by atoms with Gasteiger partial charge in [0, 0.05) is 5.66 Å².